The van der Waals surface area contributed by atoms with Gasteiger partial charge in [-0.05, 0) is 25.0 Å². The first-order valence-electron chi connectivity index (χ1n) is 7.56. The van der Waals surface area contributed by atoms with Crippen molar-refractivity contribution < 1.29 is 9.53 Å². The molecular formula is C17H19N3O3. The fraction of sp³-hybridized carbons (Fsp3) is 0.353. The summed E-state index contributed by atoms with van der Waals surface area (Å²) in [5, 5.41) is 2.93. The smallest absolute Gasteiger partial charge is 0.347 e. The van der Waals surface area contributed by atoms with Crippen molar-refractivity contribution in [2.75, 3.05) is 13.7 Å². The topological polar surface area (TPSA) is 73.2 Å². The molecule has 1 aliphatic carbocycles. The van der Waals surface area contributed by atoms with Crippen LogP contribution in [0.1, 0.15) is 18.4 Å². The van der Waals surface area contributed by atoms with Gasteiger partial charge in [0, 0.05) is 29.9 Å². The van der Waals surface area contributed by atoms with E-state index in [9.17, 15) is 9.59 Å². The molecule has 1 fully saturated rings. The molecule has 120 valence electrons. The summed E-state index contributed by atoms with van der Waals surface area (Å²) >= 11 is 0. The van der Waals surface area contributed by atoms with Gasteiger partial charge in [0.2, 0.25) is 5.91 Å². The Labute approximate surface area is 134 Å². The highest BCUT2D eigenvalue weighted by atomic mass is 16.5. The van der Waals surface area contributed by atoms with Crippen LogP contribution in [0.3, 0.4) is 0 Å². The molecule has 1 saturated carbocycles. The van der Waals surface area contributed by atoms with Crippen LogP contribution in [-0.4, -0.2) is 29.1 Å². The Balaban J connectivity index is 1.65. The van der Waals surface area contributed by atoms with Crippen molar-refractivity contribution in [2.24, 2.45) is 0 Å². The van der Waals surface area contributed by atoms with Crippen LogP contribution in [0.2, 0.25) is 0 Å². The highest BCUT2D eigenvalue weighted by Crippen LogP contribution is 2.50. The lowest BCUT2D eigenvalue weighted by molar-refractivity contribution is -0.121. The summed E-state index contributed by atoms with van der Waals surface area (Å²) in [5.41, 5.74) is 0.650. The summed E-state index contributed by atoms with van der Waals surface area (Å²) in [6.07, 6.45) is 5.00. The number of ether oxygens (including phenoxy) is 1. The third kappa shape index (κ3) is 3.26. The summed E-state index contributed by atoms with van der Waals surface area (Å²) < 4.78 is 6.71. The van der Waals surface area contributed by atoms with E-state index in [2.05, 4.69) is 10.3 Å². The van der Waals surface area contributed by atoms with Gasteiger partial charge in [-0.25, -0.2) is 9.78 Å². The number of carbonyl (C=O) groups excluding carboxylic acids is 1. The maximum atomic E-state index is 12.1. The number of benzene rings is 1. The second-order valence-electron chi connectivity index (χ2n) is 5.79. The summed E-state index contributed by atoms with van der Waals surface area (Å²) in [5.74, 6) is 0.656. The van der Waals surface area contributed by atoms with Crippen molar-refractivity contribution in [1.29, 1.82) is 0 Å². The third-order valence-corrected chi connectivity index (χ3v) is 4.25. The zero-order valence-electron chi connectivity index (χ0n) is 13.0. The van der Waals surface area contributed by atoms with E-state index in [0.29, 0.717) is 6.54 Å². The predicted octanol–water partition coefficient (Wildman–Crippen LogP) is 1.10. The minimum Gasteiger partial charge on any atom is -0.496 e. The van der Waals surface area contributed by atoms with Gasteiger partial charge in [0.05, 0.1) is 7.11 Å². The standard InChI is InChI=1S/C17H19N3O3/c1-23-14-6-3-2-5-13(14)17(7-8-17)12-19-15(21)11-20-10-4-9-18-16(20)22/h2-6,9-10H,7-8,11-12H2,1H3,(H,19,21). The first-order valence-corrected chi connectivity index (χ1v) is 7.56. The summed E-state index contributed by atoms with van der Waals surface area (Å²) in [6.45, 7) is 0.524. The minimum atomic E-state index is -0.423. The Hall–Kier alpha value is -2.63. The van der Waals surface area contributed by atoms with Crippen molar-refractivity contribution >= 4 is 5.91 Å². The quantitative estimate of drug-likeness (QED) is 0.867. The Morgan fingerprint density at radius 2 is 2.13 bits per heavy atom. The van der Waals surface area contributed by atoms with Crippen LogP contribution < -0.4 is 15.7 Å². The summed E-state index contributed by atoms with van der Waals surface area (Å²) in [6, 6.07) is 9.53. The molecule has 0 aliphatic heterocycles. The second kappa shape index (κ2) is 6.24. The van der Waals surface area contributed by atoms with Gasteiger partial charge in [0.15, 0.2) is 0 Å². The molecular weight excluding hydrogens is 294 g/mol. The molecule has 0 spiro atoms. The lowest BCUT2D eigenvalue weighted by atomic mass is 9.95. The van der Waals surface area contributed by atoms with Crippen LogP contribution in [0.15, 0.2) is 47.5 Å². The number of hydrogen-bond acceptors (Lipinski definition) is 4. The van der Waals surface area contributed by atoms with Crippen LogP contribution >= 0.6 is 0 Å². The molecule has 0 radical (unpaired) electrons. The molecule has 0 unspecified atom stereocenters. The zero-order chi connectivity index (χ0) is 16.3. The van der Waals surface area contributed by atoms with Gasteiger partial charge in [0.25, 0.3) is 0 Å². The molecule has 1 heterocycles. The molecule has 2 aromatic rings. The van der Waals surface area contributed by atoms with E-state index in [1.807, 2.05) is 24.3 Å². The maximum absolute atomic E-state index is 12.1. The number of rotatable bonds is 6. The maximum Gasteiger partial charge on any atom is 0.347 e. The Kier molecular flexibility index (Phi) is 4.14. The summed E-state index contributed by atoms with van der Waals surface area (Å²) in [7, 11) is 1.66. The average molecular weight is 313 g/mol. The van der Waals surface area contributed by atoms with E-state index in [4.69, 9.17) is 4.74 Å². The van der Waals surface area contributed by atoms with Crippen LogP contribution in [0.5, 0.6) is 5.75 Å². The average Bonchev–Trinajstić information content (AvgIpc) is 3.36. The van der Waals surface area contributed by atoms with Crippen LogP contribution in [0.25, 0.3) is 0 Å². The van der Waals surface area contributed by atoms with E-state index in [1.165, 1.54) is 10.8 Å². The van der Waals surface area contributed by atoms with E-state index in [0.717, 1.165) is 24.2 Å². The lowest BCUT2D eigenvalue weighted by Gasteiger charge is -2.19. The van der Waals surface area contributed by atoms with Gasteiger partial charge >= 0.3 is 5.69 Å². The van der Waals surface area contributed by atoms with E-state index in [-0.39, 0.29) is 17.9 Å². The fourth-order valence-corrected chi connectivity index (χ4v) is 2.76. The van der Waals surface area contributed by atoms with Crippen LogP contribution in [-0.2, 0) is 16.8 Å². The second-order valence-corrected chi connectivity index (χ2v) is 5.79. The van der Waals surface area contributed by atoms with Crippen LogP contribution in [0.4, 0.5) is 0 Å². The van der Waals surface area contributed by atoms with Gasteiger partial charge in [-0.3, -0.25) is 9.36 Å². The largest absolute Gasteiger partial charge is 0.496 e. The molecule has 1 aliphatic rings. The normalized spacial score (nSPS) is 15.0. The molecule has 0 atom stereocenters. The van der Waals surface area contributed by atoms with Crippen molar-refractivity contribution in [2.45, 2.75) is 24.8 Å². The SMILES string of the molecule is COc1ccccc1C1(CNC(=O)Cn2cccnc2=O)CC1. The molecule has 0 saturated heterocycles. The Bertz CT molecular complexity index is 765. The molecule has 23 heavy (non-hydrogen) atoms. The van der Waals surface area contributed by atoms with Gasteiger partial charge < -0.3 is 10.1 Å². The van der Waals surface area contributed by atoms with E-state index < -0.39 is 5.69 Å². The van der Waals surface area contributed by atoms with Gasteiger partial charge in [-0.1, -0.05) is 18.2 Å². The van der Waals surface area contributed by atoms with Gasteiger partial charge in [-0.15, -0.1) is 0 Å². The molecule has 6 nitrogen and oxygen atoms in total. The molecule has 1 aromatic carbocycles. The number of nitrogens with zero attached hydrogens (tertiary/aromatic N) is 2. The molecule has 1 N–H and O–H groups in total. The number of carbonyl (C=O) groups is 1. The van der Waals surface area contributed by atoms with Crippen LogP contribution in [0, 0.1) is 0 Å². The molecule has 3 rings (SSSR count). The van der Waals surface area contributed by atoms with Crippen molar-refractivity contribution in [3.05, 3.63) is 58.8 Å². The van der Waals surface area contributed by atoms with Crippen molar-refractivity contribution in [1.82, 2.24) is 14.9 Å². The lowest BCUT2D eigenvalue weighted by Crippen LogP contribution is -2.37. The first kappa shape index (κ1) is 15.3. The number of hydrogen-bond donors (Lipinski definition) is 1. The number of nitrogens with one attached hydrogen (secondary N) is 1. The monoisotopic (exact) mass is 313 g/mol. The predicted molar refractivity (Wildman–Crippen MR) is 85.4 cm³/mol. The highest BCUT2D eigenvalue weighted by Gasteiger charge is 2.46. The van der Waals surface area contributed by atoms with Crippen molar-refractivity contribution in [3.63, 3.8) is 0 Å². The van der Waals surface area contributed by atoms with Gasteiger partial charge in [-0.2, -0.15) is 0 Å². The van der Waals surface area contributed by atoms with Crippen molar-refractivity contribution in [3.8, 4) is 5.75 Å². The minimum absolute atomic E-state index is 0.0192. The Morgan fingerprint density at radius 3 is 2.83 bits per heavy atom. The molecule has 1 amide bonds. The first-order chi connectivity index (χ1) is 11.1. The van der Waals surface area contributed by atoms with E-state index >= 15 is 0 Å². The summed E-state index contributed by atoms with van der Waals surface area (Å²) in [4.78, 5) is 27.3. The zero-order valence-corrected chi connectivity index (χ0v) is 13.0. The molecule has 1 aromatic heterocycles. The number of methoxy groups -OCH3 is 1. The third-order valence-electron chi connectivity index (χ3n) is 4.25. The number of para-hydroxylation sites is 1. The van der Waals surface area contributed by atoms with Gasteiger partial charge in [0.1, 0.15) is 12.3 Å². The number of aromatic nitrogens is 2. The highest BCUT2D eigenvalue weighted by molar-refractivity contribution is 5.76. The molecule has 6 heteroatoms. The Morgan fingerprint density at radius 1 is 1.35 bits per heavy atom. The molecule has 0 bridgehead atoms. The van der Waals surface area contributed by atoms with E-state index in [1.54, 1.807) is 19.4 Å². The fourth-order valence-electron chi connectivity index (χ4n) is 2.76. The number of amides is 1.